The standard InChI is InChI=1S/C23H28FN3O2/c1-19(28)27(12-11-20-7-9-22(24)10-8-20)18-23(29)26-15-13-25(14-16-26)17-21-5-3-2-4-6-21/h2-10H,11-18H2,1H3. The van der Waals surface area contributed by atoms with Crippen LogP contribution in [0.15, 0.2) is 54.6 Å². The quantitative estimate of drug-likeness (QED) is 0.721. The fourth-order valence-electron chi connectivity index (χ4n) is 3.52. The number of carbonyl (C=O) groups excluding carboxylic acids is 2. The summed E-state index contributed by atoms with van der Waals surface area (Å²) in [6.07, 6.45) is 0.595. The Hall–Kier alpha value is -2.73. The van der Waals surface area contributed by atoms with Crippen LogP contribution >= 0.6 is 0 Å². The van der Waals surface area contributed by atoms with Crippen molar-refractivity contribution in [3.05, 3.63) is 71.5 Å². The van der Waals surface area contributed by atoms with Crippen molar-refractivity contribution >= 4 is 11.8 Å². The van der Waals surface area contributed by atoms with Crippen LogP contribution in [0.3, 0.4) is 0 Å². The van der Waals surface area contributed by atoms with Gasteiger partial charge in [0.05, 0.1) is 6.54 Å². The van der Waals surface area contributed by atoms with E-state index in [2.05, 4.69) is 17.0 Å². The Morgan fingerprint density at radius 3 is 2.21 bits per heavy atom. The van der Waals surface area contributed by atoms with Crippen molar-refractivity contribution in [2.45, 2.75) is 19.9 Å². The molecule has 1 saturated heterocycles. The Bertz CT molecular complexity index is 803. The van der Waals surface area contributed by atoms with Gasteiger partial charge in [-0.3, -0.25) is 14.5 Å². The minimum atomic E-state index is -0.279. The van der Waals surface area contributed by atoms with E-state index < -0.39 is 0 Å². The predicted octanol–water partition coefficient (Wildman–Crippen LogP) is 2.56. The molecular weight excluding hydrogens is 369 g/mol. The van der Waals surface area contributed by atoms with E-state index >= 15 is 0 Å². The molecule has 0 aromatic heterocycles. The van der Waals surface area contributed by atoms with Gasteiger partial charge < -0.3 is 9.80 Å². The van der Waals surface area contributed by atoms with Crippen molar-refractivity contribution in [2.24, 2.45) is 0 Å². The normalized spacial score (nSPS) is 14.6. The molecule has 29 heavy (non-hydrogen) atoms. The lowest BCUT2D eigenvalue weighted by Gasteiger charge is -2.35. The summed E-state index contributed by atoms with van der Waals surface area (Å²) in [5, 5.41) is 0. The first-order valence-corrected chi connectivity index (χ1v) is 10.1. The fraction of sp³-hybridized carbons (Fsp3) is 0.391. The van der Waals surface area contributed by atoms with E-state index in [9.17, 15) is 14.0 Å². The molecule has 2 amide bonds. The summed E-state index contributed by atoms with van der Waals surface area (Å²) in [7, 11) is 0. The number of carbonyl (C=O) groups is 2. The molecule has 0 saturated carbocycles. The number of halogens is 1. The molecular formula is C23H28FN3O2. The average molecular weight is 397 g/mol. The molecule has 0 spiro atoms. The SMILES string of the molecule is CC(=O)N(CCc1ccc(F)cc1)CC(=O)N1CCN(Cc2ccccc2)CC1. The van der Waals surface area contributed by atoms with Gasteiger partial charge in [0.1, 0.15) is 5.82 Å². The lowest BCUT2D eigenvalue weighted by Crippen LogP contribution is -2.51. The molecule has 1 fully saturated rings. The first kappa shape index (κ1) is 21.0. The van der Waals surface area contributed by atoms with Gasteiger partial charge in [0.25, 0.3) is 0 Å². The molecule has 0 aliphatic carbocycles. The van der Waals surface area contributed by atoms with Crippen LogP contribution in [-0.4, -0.2) is 65.8 Å². The van der Waals surface area contributed by atoms with E-state index in [1.165, 1.54) is 24.6 Å². The highest BCUT2D eigenvalue weighted by Gasteiger charge is 2.23. The highest BCUT2D eigenvalue weighted by atomic mass is 19.1. The van der Waals surface area contributed by atoms with Gasteiger partial charge in [-0.05, 0) is 29.7 Å². The number of hydrogen-bond donors (Lipinski definition) is 0. The molecule has 1 heterocycles. The van der Waals surface area contributed by atoms with Crippen LogP contribution in [0.1, 0.15) is 18.1 Å². The van der Waals surface area contributed by atoms with Crippen LogP contribution in [0.25, 0.3) is 0 Å². The molecule has 0 atom stereocenters. The molecule has 0 N–H and O–H groups in total. The second-order valence-corrected chi connectivity index (χ2v) is 7.46. The molecule has 0 bridgehead atoms. The predicted molar refractivity (Wildman–Crippen MR) is 111 cm³/mol. The molecule has 6 heteroatoms. The van der Waals surface area contributed by atoms with Crippen LogP contribution in [0, 0.1) is 5.82 Å². The third-order valence-electron chi connectivity index (χ3n) is 5.33. The zero-order valence-corrected chi connectivity index (χ0v) is 16.9. The number of rotatable bonds is 7. The lowest BCUT2D eigenvalue weighted by atomic mass is 10.1. The Morgan fingerprint density at radius 1 is 0.931 bits per heavy atom. The van der Waals surface area contributed by atoms with Gasteiger partial charge in [-0.25, -0.2) is 4.39 Å². The number of piperazine rings is 1. The molecule has 1 aliphatic heterocycles. The third-order valence-corrected chi connectivity index (χ3v) is 5.33. The van der Waals surface area contributed by atoms with Gasteiger partial charge in [-0.2, -0.15) is 0 Å². The summed E-state index contributed by atoms with van der Waals surface area (Å²) in [6.45, 7) is 5.92. The van der Waals surface area contributed by atoms with Crippen molar-refractivity contribution < 1.29 is 14.0 Å². The highest BCUT2D eigenvalue weighted by Crippen LogP contribution is 2.10. The molecule has 154 valence electrons. The molecule has 2 aromatic rings. The molecule has 2 aromatic carbocycles. The van der Waals surface area contributed by atoms with E-state index in [0.29, 0.717) is 26.1 Å². The Balaban J connectivity index is 1.46. The summed E-state index contributed by atoms with van der Waals surface area (Å²) in [5.74, 6) is -0.416. The summed E-state index contributed by atoms with van der Waals surface area (Å²) in [4.78, 5) is 30.4. The number of benzene rings is 2. The van der Waals surface area contributed by atoms with Gasteiger partial charge in [0, 0.05) is 46.2 Å². The topological polar surface area (TPSA) is 43.9 Å². The molecule has 5 nitrogen and oxygen atoms in total. The summed E-state index contributed by atoms with van der Waals surface area (Å²) in [5.41, 5.74) is 2.22. The number of amides is 2. The van der Waals surface area contributed by atoms with Gasteiger partial charge in [-0.15, -0.1) is 0 Å². The smallest absolute Gasteiger partial charge is 0.242 e. The molecule has 0 unspecified atom stereocenters. The lowest BCUT2D eigenvalue weighted by molar-refractivity contribution is -0.140. The van der Waals surface area contributed by atoms with Crippen molar-refractivity contribution in [1.82, 2.24) is 14.7 Å². The second-order valence-electron chi connectivity index (χ2n) is 7.46. The minimum absolute atomic E-state index is 0.0151. The van der Waals surface area contributed by atoms with Crippen LogP contribution in [0.2, 0.25) is 0 Å². The second kappa shape index (κ2) is 10.2. The molecule has 3 rings (SSSR count). The van der Waals surface area contributed by atoms with Crippen molar-refractivity contribution in [2.75, 3.05) is 39.3 Å². The van der Waals surface area contributed by atoms with E-state index in [-0.39, 0.29) is 24.2 Å². The van der Waals surface area contributed by atoms with Gasteiger partial charge in [0.2, 0.25) is 11.8 Å². The van der Waals surface area contributed by atoms with Gasteiger partial charge in [-0.1, -0.05) is 42.5 Å². The van der Waals surface area contributed by atoms with E-state index in [4.69, 9.17) is 0 Å². The summed E-state index contributed by atoms with van der Waals surface area (Å²) in [6, 6.07) is 16.6. The third kappa shape index (κ3) is 6.39. The van der Waals surface area contributed by atoms with E-state index in [0.717, 1.165) is 25.2 Å². The number of hydrogen-bond acceptors (Lipinski definition) is 3. The molecule has 1 aliphatic rings. The van der Waals surface area contributed by atoms with Crippen LogP contribution in [0.4, 0.5) is 4.39 Å². The van der Waals surface area contributed by atoms with Crippen molar-refractivity contribution in [3.63, 3.8) is 0 Å². The monoisotopic (exact) mass is 397 g/mol. The first-order valence-electron chi connectivity index (χ1n) is 10.1. The van der Waals surface area contributed by atoms with Gasteiger partial charge in [0.15, 0.2) is 0 Å². The first-order chi connectivity index (χ1) is 14.0. The average Bonchev–Trinajstić information content (AvgIpc) is 2.73. The maximum atomic E-state index is 13.0. The summed E-state index contributed by atoms with van der Waals surface area (Å²) >= 11 is 0. The Labute approximate surface area is 171 Å². The zero-order chi connectivity index (χ0) is 20.6. The van der Waals surface area contributed by atoms with Crippen molar-refractivity contribution in [3.8, 4) is 0 Å². The number of nitrogens with zero attached hydrogens (tertiary/aromatic N) is 3. The van der Waals surface area contributed by atoms with Crippen LogP contribution in [0.5, 0.6) is 0 Å². The largest absolute Gasteiger partial charge is 0.339 e. The maximum absolute atomic E-state index is 13.0. The highest BCUT2D eigenvalue weighted by molar-refractivity contribution is 5.84. The Morgan fingerprint density at radius 2 is 1.59 bits per heavy atom. The van der Waals surface area contributed by atoms with Gasteiger partial charge >= 0.3 is 0 Å². The van der Waals surface area contributed by atoms with E-state index in [1.54, 1.807) is 17.0 Å². The van der Waals surface area contributed by atoms with E-state index in [1.807, 2.05) is 23.1 Å². The van der Waals surface area contributed by atoms with Crippen molar-refractivity contribution in [1.29, 1.82) is 0 Å². The fourth-order valence-corrected chi connectivity index (χ4v) is 3.52. The summed E-state index contributed by atoms with van der Waals surface area (Å²) < 4.78 is 13.0. The molecule has 0 radical (unpaired) electrons. The van der Waals surface area contributed by atoms with Crippen LogP contribution in [-0.2, 0) is 22.6 Å². The maximum Gasteiger partial charge on any atom is 0.242 e. The van der Waals surface area contributed by atoms with Crippen LogP contribution < -0.4 is 0 Å². The Kier molecular flexibility index (Phi) is 7.36. The minimum Gasteiger partial charge on any atom is -0.339 e. The zero-order valence-electron chi connectivity index (χ0n) is 16.9.